The van der Waals surface area contributed by atoms with Gasteiger partial charge in [-0.05, 0) is 19.8 Å². The van der Waals surface area contributed by atoms with Gasteiger partial charge in [0.2, 0.25) is 0 Å². The average molecular weight is 395 g/mol. The fraction of sp³-hybridized carbons (Fsp3) is 0.526. The molecule has 3 aromatic rings. The van der Waals surface area contributed by atoms with Gasteiger partial charge in [0.25, 0.3) is 5.78 Å². The minimum Gasteiger partial charge on any atom is -0.394 e. The summed E-state index contributed by atoms with van der Waals surface area (Å²) in [5.74, 6) is 3.50. The highest BCUT2D eigenvalue weighted by Crippen LogP contribution is 2.26. The van der Waals surface area contributed by atoms with Crippen molar-refractivity contribution in [3.8, 4) is 0 Å². The zero-order valence-corrected chi connectivity index (χ0v) is 16.5. The van der Waals surface area contributed by atoms with Crippen molar-refractivity contribution in [2.75, 3.05) is 54.0 Å². The molecule has 0 bridgehead atoms. The zero-order chi connectivity index (χ0) is 19.8. The summed E-state index contributed by atoms with van der Waals surface area (Å²) in [6.45, 7) is 6.52. The zero-order valence-electron chi connectivity index (χ0n) is 16.5. The molecular formula is C19H25N9O. The van der Waals surface area contributed by atoms with Crippen molar-refractivity contribution in [2.45, 2.75) is 25.8 Å². The lowest BCUT2D eigenvalue weighted by atomic mass is 10.2. The van der Waals surface area contributed by atoms with Crippen LogP contribution in [-0.2, 0) is 0 Å². The standard InChI is InChI=1S/C19H25N9O/c1-14-9-18(28-19(24-14)22-13-23-28)26-7-5-25(6-8-26)16-10-17(21-12-20-16)27-4-2-3-15(27)11-29/h9-10,12-13,15,29H,2-8,11H2,1H3. The minimum atomic E-state index is 0.162. The molecule has 1 unspecified atom stereocenters. The first kappa shape index (κ1) is 18.0. The number of piperazine rings is 1. The Labute approximate surface area is 168 Å². The van der Waals surface area contributed by atoms with Gasteiger partial charge in [-0.25, -0.2) is 15.0 Å². The van der Waals surface area contributed by atoms with E-state index in [0.29, 0.717) is 5.78 Å². The Balaban J connectivity index is 1.32. The van der Waals surface area contributed by atoms with Crippen LogP contribution in [0.4, 0.5) is 17.5 Å². The Morgan fingerprint density at radius 3 is 2.59 bits per heavy atom. The molecule has 29 heavy (non-hydrogen) atoms. The molecule has 3 aromatic heterocycles. The molecule has 2 saturated heterocycles. The van der Waals surface area contributed by atoms with Crippen LogP contribution >= 0.6 is 0 Å². The summed E-state index contributed by atoms with van der Waals surface area (Å²) in [5.41, 5.74) is 0.937. The molecule has 0 spiro atoms. The van der Waals surface area contributed by atoms with Crippen molar-refractivity contribution in [1.82, 2.24) is 29.5 Å². The van der Waals surface area contributed by atoms with E-state index in [-0.39, 0.29) is 12.6 Å². The van der Waals surface area contributed by atoms with Crippen molar-refractivity contribution in [3.05, 3.63) is 30.5 Å². The summed E-state index contributed by atoms with van der Waals surface area (Å²) >= 11 is 0. The van der Waals surface area contributed by atoms with Crippen molar-refractivity contribution < 1.29 is 5.11 Å². The fourth-order valence-corrected chi connectivity index (χ4v) is 4.30. The molecule has 2 aliphatic heterocycles. The number of hydrogen-bond donors (Lipinski definition) is 1. The first-order chi connectivity index (χ1) is 14.2. The highest BCUT2D eigenvalue weighted by atomic mass is 16.3. The Morgan fingerprint density at radius 1 is 0.966 bits per heavy atom. The predicted octanol–water partition coefficient (Wildman–Crippen LogP) is 0.510. The maximum atomic E-state index is 9.62. The molecule has 10 nitrogen and oxygen atoms in total. The number of aliphatic hydroxyl groups is 1. The maximum absolute atomic E-state index is 9.62. The monoisotopic (exact) mass is 395 g/mol. The van der Waals surface area contributed by atoms with Gasteiger partial charge in [0.15, 0.2) is 0 Å². The number of aryl methyl sites for hydroxylation is 1. The molecule has 1 atom stereocenters. The van der Waals surface area contributed by atoms with Crippen LogP contribution < -0.4 is 14.7 Å². The van der Waals surface area contributed by atoms with E-state index in [1.54, 1.807) is 17.2 Å². The molecule has 0 radical (unpaired) electrons. The van der Waals surface area contributed by atoms with E-state index in [1.165, 1.54) is 0 Å². The number of hydrogen-bond acceptors (Lipinski definition) is 9. The van der Waals surface area contributed by atoms with Crippen LogP contribution in [0.1, 0.15) is 18.5 Å². The highest BCUT2D eigenvalue weighted by molar-refractivity contribution is 5.53. The van der Waals surface area contributed by atoms with Crippen LogP contribution in [0.5, 0.6) is 0 Å². The van der Waals surface area contributed by atoms with Crippen LogP contribution in [-0.4, -0.2) is 80.0 Å². The van der Waals surface area contributed by atoms with E-state index in [0.717, 1.165) is 68.7 Å². The first-order valence-electron chi connectivity index (χ1n) is 10.1. The summed E-state index contributed by atoms with van der Waals surface area (Å²) in [4.78, 5) is 24.4. The number of anilines is 3. The van der Waals surface area contributed by atoms with Crippen LogP contribution in [0.15, 0.2) is 24.8 Å². The van der Waals surface area contributed by atoms with Gasteiger partial charge >= 0.3 is 0 Å². The van der Waals surface area contributed by atoms with Crippen molar-refractivity contribution in [1.29, 1.82) is 0 Å². The van der Waals surface area contributed by atoms with Crippen molar-refractivity contribution in [3.63, 3.8) is 0 Å². The molecule has 0 amide bonds. The van der Waals surface area contributed by atoms with E-state index in [4.69, 9.17) is 0 Å². The molecule has 5 heterocycles. The van der Waals surface area contributed by atoms with Gasteiger partial charge in [0, 0.05) is 50.6 Å². The van der Waals surface area contributed by atoms with Crippen LogP contribution in [0.2, 0.25) is 0 Å². The normalized spacial score (nSPS) is 20.1. The second kappa shape index (κ2) is 7.43. The number of fused-ring (bicyclic) bond motifs is 1. The van der Waals surface area contributed by atoms with Crippen LogP contribution in [0.3, 0.4) is 0 Å². The lowest BCUT2D eigenvalue weighted by molar-refractivity contribution is 0.266. The van der Waals surface area contributed by atoms with E-state index in [9.17, 15) is 5.11 Å². The number of aliphatic hydroxyl groups excluding tert-OH is 1. The molecule has 10 heteroatoms. The third-order valence-corrected chi connectivity index (χ3v) is 5.81. The van der Waals surface area contributed by atoms with E-state index >= 15 is 0 Å². The van der Waals surface area contributed by atoms with Gasteiger partial charge < -0.3 is 19.8 Å². The van der Waals surface area contributed by atoms with Crippen LogP contribution in [0, 0.1) is 6.92 Å². The maximum Gasteiger partial charge on any atom is 0.254 e. The van der Waals surface area contributed by atoms with Gasteiger partial charge in [-0.2, -0.15) is 14.6 Å². The molecule has 2 aliphatic rings. The number of nitrogens with zero attached hydrogens (tertiary/aromatic N) is 9. The molecule has 2 fully saturated rings. The summed E-state index contributed by atoms with van der Waals surface area (Å²) in [7, 11) is 0. The summed E-state index contributed by atoms with van der Waals surface area (Å²) < 4.78 is 1.80. The largest absolute Gasteiger partial charge is 0.394 e. The van der Waals surface area contributed by atoms with Crippen LogP contribution in [0.25, 0.3) is 5.78 Å². The van der Waals surface area contributed by atoms with E-state index < -0.39 is 0 Å². The summed E-state index contributed by atoms with van der Waals surface area (Å²) in [6.07, 6.45) is 5.28. The molecule has 0 aromatic carbocycles. The Hall–Kier alpha value is -3.01. The topological polar surface area (TPSA) is 98.8 Å². The first-order valence-corrected chi connectivity index (χ1v) is 10.1. The third kappa shape index (κ3) is 3.33. The van der Waals surface area contributed by atoms with E-state index in [2.05, 4.69) is 51.9 Å². The highest BCUT2D eigenvalue weighted by Gasteiger charge is 2.26. The Morgan fingerprint density at radius 2 is 1.76 bits per heavy atom. The second-order valence-electron chi connectivity index (χ2n) is 7.61. The van der Waals surface area contributed by atoms with Gasteiger partial charge in [0.1, 0.15) is 30.1 Å². The SMILES string of the molecule is Cc1cc(N2CCN(c3cc(N4CCCC4CO)ncn3)CC2)n2ncnc2n1. The average Bonchev–Trinajstić information content (AvgIpc) is 3.42. The smallest absolute Gasteiger partial charge is 0.254 e. The van der Waals surface area contributed by atoms with Gasteiger partial charge in [-0.15, -0.1) is 0 Å². The molecular weight excluding hydrogens is 370 g/mol. The molecule has 1 N–H and O–H groups in total. The van der Waals surface area contributed by atoms with Gasteiger partial charge in [-0.3, -0.25) is 0 Å². The lowest BCUT2D eigenvalue weighted by Gasteiger charge is -2.36. The van der Waals surface area contributed by atoms with Crippen molar-refractivity contribution >= 4 is 23.2 Å². The molecule has 5 rings (SSSR count). The number of aromatic nitrogens is 6. The summed E-state index contributed by atoms with van der Waals surface area (Å²) in [6, 6.07) is 4.27. The molecule has 152 valence electrons. The summed E-state index contributed by atoms with van der Waals surface area (Å²) in [5, 5.41) is 13.9. The Kier molecular flexibility index (Phi) is 4.62. The van der Waals surface area contributed by atoms with Gasteiger partial charge in [0.05, 0.1) is 12.6 Å². The number of rotatable bonds is 4. The quantitative estimate of drug-likeness (QED) is 0.677. The molecule has 0 saturated carbocycles. The lowest BCUT2D eigenvalue weighted by Crippen LogP contribution is -2.47. The van der Waals surface area contributed by atoms with E-state index in [1.807, 2.05) is 6.92 Å². The minimum absolute atomic E-state index is 0.162. The fourth-order valence-electron chi connectivity index (χ4n) is 4.30. The predicted molar refractivity (Wildman–Crippen MR) is 109 cm³/mol. The second-order valence-corrected chi connectivity index (χ2v) is 7.61. The third-order valence-electron chi connectivity index (χ3n) is 5.81. The Bertz CT molecular complexity index is 998. The van der Waals surface area contributed by atoms with Gasteiger partial charge in [-0.1, -0.05) is 0 Å². The van der Waals surface area contributed by atoms with Crippen molar-refractivity contribution in [2.24, 2.45) is 0 Å². The molecule has 0 aliphatic carbocycles.